The molecule has 0 heterocycles. The van der Waals surface area contributed by atoms with Gasteiger partial charge in [-0.1, -0.05) is 23.7 Å². The Kier molecular flexibility index (Phi) is 6.65. The Morgan fingerprint density at radius 2 is 1.84 bits per heavy atom. The van der Waals surface area contributed by atoms with Crippen LogP contribution in [0, 0.1) is 6.92 Å². The number of hydrazone groups is 1. The number of hydrogen-bond donors (Lipinski definition) is 1. The van der Waals surface area contributed by atoms with E-state index in [1.54, 1.807) is 44.6 Å². The Labute approximate surface area is 151 Å². The van der Waals surface area contributed by atoms with E-state index in [1.165, 1.54) is 6.21 Å². The Balaban J connectivity index is 1.94. The van der Waals surface area contributed by atoms with Crippen LogP contribution >= 0.6 is 11.6 Å². The van der Waals surface area contributed by atoms with Crippen molar-refractivity contribution in [1.29, 1.82) is 0 Å². The summed E-state index contributed by atoms with van der Waals surface area (Å²) in [6.07, 6.45) is 1.53. The van der Waals surface area contributed by atoms with Crippen molar-refractivity contribution in [3.63, 3.8) is 0 Å². The summed E-state index contributed by atoms with van der Waals surface area (Å²) in [7, 11) is 3.13. The molecule has 2 rings (SSSR count). The molecule has 0 unspecified atom stereocenters. The number of aryl methyl sites for hydroxylation is 1. The van der Waals surface area contributed by atoms with Gasteiger partial charge in [0.1, 0.15) is 5.75 Å². The molecule has 0 spiro atoms. The second-order valence-corrected chi connectivity index (χ2v) is 5.48. The van der Waals surface area contributed by atoms with E-state index in [9.17, 15) is 4.79 Å². The molecule has 0 radical (unpaired) electrons. The molecule has 6 nitrogen and oxygen atoms in total. The monoisotopic (exact) mass is 362 g/mol. The molecule has 25 heavy (non-hydrogen) atoms. The van der Waals surface area contributed by atoms with Gasteiger partial charge < -0.3 is 14.2 Å². The molecular formula is C18H19ClN2O4. The third-order valence-electron chi connectivity index (χ3n) is 3.36. The molecule has 1 amide bonds. The smallest absolute Gasteiger partial charge is 0.277 e. The van der Waals surface area contributed by atoms with E-state index in [0.717, 1.165) is 11.1 Å². The minimum absolute atomic E-state index is 0.189. The first-order chi connectivity index (χ1) is 12.0. The van der Waals surface area contributed by atoms with Gasteiger partial charge in [-0.15, -0.1) is 0 Å². The maximum absolute atomic E-state index is 11.8. The molecule has 1 N–H and O–H groups in total. The Morgan fingerprint density at radius 3 is 2.52 bits per heavy atom. The Hall–Kier alpha value is -2.73. The average molecular weight is 363 g/mol. The van der Waals surface area contributed by atoms with Crippen molar-refractivity contribution < 1.29 is 19.0 Å². The first-order valence-corrected chi connectivity index (χ1v) is 7.84. The lowest BCUT2D eigenvalue weighted by molar-refractivity contribution is -0.123. The number of methoxy groups -OCH3 is 2. The quantitative estimate of drug-likeness (QED) is 0.606. The molecule has 0 bridgehead atoms. The van der Waals surface area contributed by atoms with Crippen LogP contribution in [0.25, 0.3) is 0 Å². The van der Waals surface area contributed by atoms with Crippen molar-refractivity contribution in [1.82, 2.24) is 5.43 Å². The van der Waals surface area contributed by atoms with E-state index in [1.807, 2.05) is 13.0 Å². The molecule has 0 aliphatic rings. The number of halogens is 1. The van der Waals surface area contributed by atoms with Gasteiger partial charge >= 0.3 is 0 Å². The van der Waals surface area contributed by atoms with Crippen molar-refractivity contribution in [3.05, 3.63) is 52.5 Å². The second kappa shape index (κ2) is 8.94. The maximum atomic E-state index is 11.8. The fraction of sp³-hybridized carbons (Fsp3) is 0.222. The lowest BCUT2D eigenvalue weighted by atomic mass is 10.1. The van der Waals surface area contributed by atoms with Crippen LogP contribution in [0.5, 0.6) is 17.2 Å². The first kappa shape index (κ1) is 18.6. The summed E-state index contributed by atoms with van der Waals surface area (Å²) in [5.74, 6) is 1.27. The number of carbonyl (C=O) groups excluding carboxylic acids is 1. The zero-order valence-corrected chi connectivity index (χ0v) is 15.0. The van der Waals surface area contributed by atoms with Crippen LogP contribution in [-0.4, -0.2) is 32.9 Å². The number of carbonyl (C=O) groups is 1. The molecule has 132 valence electrons. The largest absolute Gasteiger partial charge is 0.493 e. The number of amides is 1. The van der Waals surface area contributed by atoms with Crippen LogP contribution < -0.4 is 19.6 Å². The van der Waals surface area contributed by atoms with Crippen molar-refractivity contribution in [3.8, 4) is 17.2 Å². The SMILES string of the molecule is COc1cc(C)c(/C=N/NC(=O)COc2ccccc2Cl)cc1OC. The summed E-state index contributed by atoms with van der Waals surface area (Å²) in [6.45, 7) is 1.72. The van der Waals surface area contributed by atoms with E-state index in [-0.39, 0.29) is 6.61 Å². The van der Waals surface area contributed by atoms with Gasteiger partial charge in [-0.05, 0) is 36.8 Å². The molecule has 2 aromatic carbocycles. The number of ether oxygens (including phenoxy) is 3. The Morgan fingerprint density at radius 1 is 1.16 bits per heavy atom. The molecule has 0 atom stereocenters. The summed E-state index contributed by atoms with van der Waals surface area (Å²) in [5, 5.41) is 4.38. The van der Waals surface area contributed by atoms with E-state index >= 15 is 0 Å². The molecule has 0 aliphatic heterocycles. The van der Waals surface area contributed by atoms with Crippen LogP contribution in [0.4, 0.5) is 0 Å². The standard InChI is InChI=1S/C18H19ClN2O4/c1-12-8-16(23-2)17(24-3)9-13(12)10-20-21-18(22)11-25-15-7-5-4-6-14(15)19/h4-10H,11H2,1-3H3,(H,21,22)/b20-10+. The van der Waals surface area contributed by atoms with Crippen LogP contribution in [0.15, 0.2) is 41.5 Å². The number of nitrogens with zero attached hydrogens (tertiary/aromatic N) is 1. The molecular weight excluding hydrogens is 344 g/mol. The maximum Gasteiger partial charge on any atom is 0.277 e. The van der Waals surface area contributed by atoms with Gasteiger partial charge in [0, 0.05) is 5.56 Å². The van der Waals surface area contributed by atoms with Gasteiger partial charge in [0.2, 0.25) is 0 Å². The second-order valence-electron chi connectivity index (χ2n) is 5.08. The summed E-state index contributed by atoms with van der Waals surface area (Å²) < 4.78 is 15.8. The zero-order chi connectivity index (χ0) is 18.2. The van der Waals surface area contributed by atoms with Crippen LogP contribution in [0.3, 0.4) is 0 Å². The normalized spacial score (nSPS) is 10.6. The number of rotatable bonds is 7. The fourth-order valence-electron chi connectivity index (χ4n) is 2.05. The lowest BCUT2D eigenvalue weighted by Crippen LogP contribution is -2.24. The summed E-state index contributed by atoms with van der Waals surface area (Å²) in [6, 6.07) is 10.5. The highest BCUT2D eigenvalue weighted by Gasteiger charge is 2.08. The minimum atomic E-state index is -0.394. The molecule has 7 heteroatoms. The van der Waals surface area contributed by atoms with Gasteiger partial charge in [0.05, 0.1) is 25.5 Å². The number of nitrogens with one attached hydrogen (secondary N) is 1. The van der Waals surface area contributed by atoms with Crippen LogP contribution in [-0.2, 0) is 4.79 Å². The predicted molar refractivity (Wildman–Crippen MR) is 97.0 cm³/mol. The van der Waals surface area contributed by atoms with Gasteiger partial charge in [-0.2, -0.15) is 5.10 Å². The highest BCUT2D eigenvalue weighted by atomic mass is 35.5. The molecule has 0 saturated carbocycles. The van der Waals surface area contributed by atoms with Gasteiger partial charge in [-0.3, -0.25) is 4.79 Å². The highest BCUT2D eigenvalue weighted by molar-refractivity contribution is 6.32. The number of benzene rings is 2. The van der Waals surface area contributed by atoms with E-state index < -0.39 is 5.91 Å². The van der Waals surface area contributed by atoms with E-state index in [0.29, 0.717) is 22.3 Å². The number of para-hydroxylation sites is 1. The predicted octanol–water partition coefficient (Wildman–Crippen LogP) is 3.19. The minimum Gasteiger partial charge on any atom is -0.493 e. The third-order valence-corrected chi connectivity index (χ3v) is 3.67. The highest BCUT2D eigenvalue weighted by Crippen LogP contribution is 2.29. The van der Waals surface area contributed by atoms with Crippen LogP contribution in [0.2, 0.25) is 5.02 Å². The molecule has 0 aliphatic carbocycles. The van der Waals surface area contributed by atoms with Gasteiger partial charge in [0.15, 0.2) is 18.1 Å². The van der Waals surface area contributed by atoms with Crippen molar-refractivity contribution >= 4 is 23.7 Å². The summed E-state index contributed by atoms with van der Waals surface area (Å²) in [5.41, 5.74) is 4.13. The van der Waals surface area contributed by atoms with Crippen molar-refractivity contribution in [2.75, 3.05) is 20.8 Å². The summed E-state index contributed by atoms with van der Waals surface area (Å²) >= 11 is 5.95. The molecule has 0 saturated heterocycles. The third kappa shape index (κ3) is 5.12. The molecule has 0 fully saturated rings. The Bertz CT molecular complexity index is 778. The topological polar surface area (TPSA) is 69.2 Å². The zero-order valence-electron chi connectivity index (χ0n) is 14.2. The lowest BCUT2D eigenvalue weighted by Gasteiger charge is -2.10. The van der Waals surface area contributed by atoms with Crippen molar-refractivity contribution in [2.45, 2.75) is 6.92 Å². The summed E-state index contributed by atoms with van der Waals surface area (Å²) in [4.78, 5) is 11.8. The first-order valence-electron chi connectivity index (χ1n) is 7.47. The number of hydrogen-bond acceptors (Lipinski definition) is 5. The molecule has 2 aromatic rings. The molecule has 0 aromatic heterocycles. The average Bonchev–Trinajstić information content (AvgIpc) is 2.62. The van der Waals surface area contributed by atoms with Crippen LogP contribution in [0.1, 0.15) is 11.1 Å². The van der Waals surface area contributed by atoms with Crippen molar-refractivity contribution in [2.24, 2.45) is 5.10 Å². The van der Waals surface area contributed by atoms with Gasteiger partial charge in [0.25, 0.3) is 5.91 Å². The fourth-order valence-corrected chi connectivity index (χ4v) is 2.24. The van der Waals surface area contributed by atoms with E-state index in [2.05, 4.69) is 10.5 Å². The van der Waals surface area contributed by atoms with Gasteiger partial charge in [-0.25, -0.2) is 5.43 Å². The van der Waals surface area contributed by atoms with E-state index in [4.69, 9.17) is 25.8 Å².